The molecular formula is C13H24N4O2S. The van der Waals surface area contributed by atoms with Crippen LogP contribution in [0.2, 0.25) is 0 Å². The van der Waals surface area contributed by atoms with Crippen molar-refractivity contribution in [3.8, 4) is 0 Å². The second-order valence-corrected chi connectivity index (χ2v) is 6.35. The molecule has 0 aliphatic carbocycles. The Morgan fingerprint density at radius 2 is 2.30 bits per heavy atom. The van der Waals surface area contributed by atoms with Crippen molar-refractivity contribution < 1.29 is 9.53 Å². The molecule has 0 saturated heterocycles. The quantitative estimate of drug-likeness (QED) is 0.581. The summed E-state index contributed by atoms with van der Waals surface area (Å²) in [5, 5.41) is 12.2. The van der Waals surface area contributed by atoms with E-state index in [1.54, 1.807) is 18.1 Å². The van der Waals surface area contributed by atoms with E-state index in [1.807, 2.05) is 32.4 Å². The number of nitrogens with one attached hydrogen (secondary N) is 1. The Morgan fingerprint density at radius 1 is 1.60 bits per heavy atom. The standard InChI is InChI=1S/C13H24N4O2S/c1-6-14-13(4,11(18)19-7-2)8-10(3)20-12-16-15-9-17(12)5/h9-10,14H,6-8H2,1-5H3. The van der Waals surface area contributed by atoms with Crippen molar-refractivity contribution in [1.29, 1.82) is 0 Å². The molecule has 6 nitrogen and oxygen atoms in total. The number of carbonyl (C=O) groups is 1. The van der Waals surface area contributed by atoms with E-state index in [4.69, 9.17) is 4.74 Å². The number of likely N-dealkylation sites (N-methyl/N-ethyl adjacent to an activating group) is 1. The van der Waals surface area contributed by atoms with Gasteiger partial charge in [0.2, 0.25) is 0 Å². The first kappa shape index (κ1) is 17.0. The lowest BCUT2D eigenvalue weighted by molar-refractivity contribution is -0.150. The Morgan fingerprint density at radius 3 is 2.80 bits per heavy atom. The zero-order valence-electron chi connectivity index (χ0n) is 12.8. The van der Waals surface area contributed by atoms with Crippen molar-refractivity contribution >= 4 is 17.7 Å². The summed E-state index contributed by atoms with van der Waals surface area (Å²) in [7, 11) is 1.91. The number of ether oxygens (including phenoxy) is 1. The van der Waals surface area contributed by atoms with E-state index in [0.29, 0.717) is 13.0 Å². The van der Waals surface area contributed by atoms with E-state index < -0.39 is 5.54 Å². The number of rotatable bonds is 8. The highest BCUT2D eigenvalue weighted by molar-refractivity contribution is 7.99. The maximum atomic E-state index is 12.1. The highest BCUT2D eigenvalue weighted by atomic mass is 32.2. The van der Waals surface area contributed by atoms with Gasteiger partial charge in [0.25, 0.3) is 0 Å². The number of hydrogen-bond acceptors (Lipinski definition) is 6. The van der Waals surface area contributed by atoms with Gasteiger partial charge in [0, 0.05) is 12.3 Å². The van der Waals surface area contributed by atoms with Gasteiger partial charge in [-0.05, 0) is 26.8 Å². The SMILES string of the molecule is CCNC(C)(CC(C)Sc1nncn1C)C(=O)OCC. The number of thioether (sulfide) groups is 1. The average molecular weight is 300 g/mol. The van der Waals surface area contributed by atoms with Crippen LogP contribution in [0.15, 0.2) is 11.5 Å². The average Bonchev–Trinajstić information content (AvgIpc) is 2.75. The highest BCUT2D eigenvalue weighted by Crippen LogP contribution is 2.27. The third-order valence-corrected chi connectivity index (χ3v) is 4.11. The van der Waals surface area contributed by atoms with Gasteiger partial charge in [-0.25, -0.2) is 0 Å². The minimum absolute atomic E-state index is 0.202. The molecule has 1 rings (SSSR count). The number of carbonyl (C=O) groups excluding carboxylic acids is 1. The Balaban J connectivity index is 2.69. The van der Waals surface area contributed by atoms with Gasteiger partial charge < -0.3 is 14.6 Å². The largest absolute Gasteiger partial charge is 0.465 e. The van der Waals surface area contributed by atoms with Crippen LogP contribution in [0.1, 0.15) is 34.1 Å². The third kappa shape index (κ3) is 4.49. The maximum Gasteiger partial charge on any atom is 0.326 e. The summed E-state index contributed by atoms with van der Waals surface area (Å²) < 4.78 is 7.05. The van der Waals surface area contributed by atoms with Crippen LogP contribution in [-0.4, -0.2) is 44.7 Å². The van der Waals surface area contributed by atoms with Crippen LogP contribution in [-0.2, 0) is 16.6 Å². The molecule has 0 spiro atoms. The van der Waals surface area contributed by atoms with E-state index in [1.165, 1.54) is 0 Å². The van der Waals surface area contributed by atoms with Gasteiger partial charge in [0.15, 0.2) is 5.16 Å². The van der Waals surface area contributed by atoms with Gasteiger partial charge in [-0.3, -0.25) is 4.79 Å². The molecule has 0 aliphatic heterocycles. The molecule has 1 N–H and O–H groups in total. The fourth-order valence-electron chi connectivity index (χ4n) is 2.08. The zero-order valence-corrected chi connectivity index (χ0v) is 13.7. The molecule has 0 bridgehead atoms. The second-order valence-electron chi connectivity index (χ2n) is 4.94. The molecule has 1 aromatic heterocycles. The van der Waals surface area contributed by atoms with E-state index in [9.17, 15) is 4.79 Å². The zero-order chi connectivity index (χ0) is 15.2. The van der Waals surface area contributed by atoms with E-state index in [0.717, 1.165) is 11.7 Å². The number of esters is 1. The molecule has 0 radical (unpaired) electrons. The summed E-state index contributed by atoms with van der Waals surface area (Å²) in [6.07, 6.45) is 2.33. The van der Waals surface area contributed by atoms with Crippen LogP contribution >= 0.6 is 11.8 Å². The highest BCUT2D eigenvalue weighted by Gasteiger charge is 2.35. The first-order valence-corrected chi connectivity index (χ1v) is 7.73. The monoisotopic (exact) mass is 300 g/mol. The number of hydrogen-bond donors (Lipinski definition) is 1. The molecule has 1 heterocycles. The normalized spacial score (nSPS) is 15.7. The molecule has 1 aromatic rings. The lowest BCUT2D eigenvalue weighted by Crippen LogP contribution is -2.51. The fourth-order valence-corrected chi connectivity index (χ4v) is 3.17. The van der Waals surface area contributed by atoms with Crippen LogP contribution in [0.4, 0.5) is 0 Å². The van der Waals surface area contributed by atoms with Crippen LogP contribution < -0.4 is 5.32 Å². The summed E-state index contributed by atoms with van der Waals surface area (Å²) >= 11 is 1.61. The molecule has 0 fully saturated rings. The van der Waals surface area contributed by atoms with Crippen molar-refractivity contribution in [2.24, 2.45) is 7.05 Å². The van der Waals surface area contributed by atoms with Crippen molar-refractivity contribution in [3.05, 3.63) is 6.33 Å². The van der Waals surface area contributed by atoms with Gasteiger partial charge in [-0.2, -0.15) is 0 Å². The van der Waals surface area contributed by atoms with E-state index in [2.05, 4.69) is 22.4 Å². The van der Waals surface area contributed by atoms with Crippen molar-refractivity contribution in [2.75, 3.05) is 13.2 Å². The minimum atomic E-state index is -0.671. The smallest absolute Gasteiger partial charge is 0.326 e. The second kappa shape index (κ2) is 7.64. The van der Waals surface area contributed by atoms with Gasteiger partial charge in [-0.1, -0.05) is 25.6 Å². The fraction of sp³-hybridized carbons (Fsp3) is 0.769. The van der Waals surface area contributed by atoms with Crippen molar-refractivity contribution in [1.82, 2.24) is 20.1 Å². The molecule has 0 aliphatic rings. The van der Waals surface area contributed by atoms with Gasteiger partial charge >= 0.3 is 5.97 Å². The molecule has 0 saturated carbocycles. The summed E-state index contributed by atoms with van der Waals surface area (Å²) in [6.45, 7) is 8.89. The van der Waals surface area contributed by atoms with Gasteiger partial charge in [0.05, 0.1) is 6.61 Å². The van der Waals surface area contributed by atoms with Crippen molar-refractivity contribution in [3.63, 3.8) is 0 Å². The Kier molecular flexibility index (Phi) is 6.48. The first-order valence-electron chi connectivity index (χ1n) is 6.85. The summed E-state index contributed by atoms with van der Waals surface area (Å²) in [5.41, 5.74) is -0.671. The minimum Gasteiger partial charge on any atom is -0.465 e. The molecule has 20 heavy (non-hydrogen) atoms. The first-order chi connectivity index (χ1) is 9.42. The van der Waals surface area contributed by atoms with Crippen LogP contribution in [0.25, 0.3) is 0 Å². The Hall–Kier alpha value is -1.08. The van der Waals surface area contributed by atoms with E-state index >= 15 is 0 Å². The summed E-state index contributed by atoms with van der Waals surface area (Å²) in [6, 6.07) is 0. The van der Waals surface area contributed by atoms with Gasteiger partial charge in [0.1, 0.15) is 11.9 Å². The van der Waals surface area contributed by atoms with Crippen LogP contribution in [0, 0.1) is 0 Å². The Bertz CT molecular complexity index is 438. The predicted molar refractivity (Wildman–Crippen MR) is 79.7 cm³/mol. The number of aryl methyl sites for hydroxylation is 1. The maximum absolute atomic E-state index is 12.1. The lowest BCUT2D eigenvalue weighted by Gasteiger charge is -2.30. The molecule has 0 aromatic carbocycles. The lowest BCUT2D eigenvalue weighted by atomic mass is 9.96. The predicted octanol–water partition coefficient (Wildman–Crippen LogP) is 1.62. The third-order valence-electron chi connectivity index (χ3n) is 2.97. The molecule has 0 amide bonds. The summed E-state index contributed by atoms with van der Waals surface area (Å²) in [5.74, 6) is -0.202. The number of nitrogens with zero attached hydrogens (tertiary/aromatic N) is 3. The van der Waals surface area contributed by atoms with Crippen LogP contribution in [0.3, 0.4) is 0 Å². The summed E-state index contributed by atoms with van der Waals surface area (Å²) in [4.78, 5) is 12.1. The van der Waals surface area contributed by atoms with E-state index in [-0.39, 0.29) is 11.2 Å². The topological polar surface area (TPSA) is 69.0 Å². The molecular weight excluding hydrogens is 276 g/mol. The van der Waals surface area contributed by atoms with Crippen LogP contribution in [0.5, 0.6) is 0 Å². The molecule has 7 heteroatoms. The molecule has 114 valence electrons. The van der Waals surface area contributed by atoms with Crippen molar-refractivity contribution in [2.45, 2.75) is 50.1 Å². The molecule has 2 atom stereocenters. The number of aromatic nitrogens is 3. The molecule has 2 unspecified atom stereocenters. The van der Waals surface area contributed by atoms with Gasteiger partial charge in [-0.15, -0.1) is 10.2 Å². The Labute approximate surface area is 124 Å².